The highest BCUT2D eigenvalue weighted by Gasteiger charge is 2.43. The third-order valence-corrected chi connectivity index (χ3v) is 6.06. The molecule has 3 nitrogen and oxygen atoms in total. The second-order valence-electron chi connectivity index (χ2n) is 9.52. The van der Waals surface area contributed by atoms with Gasteiger partial charge in [-0.1, -0.05) is 66.2 Å². The molecule has 0 saturated heterocycles. The first-order chi connectivity index (χ1) is 17.4. The van der Waals surface area contributed by atoms with E-state index in [-0.39, 0.29) is 37.9 Å². The van der Waals surface area contributed by atoms with E-state index in [0.717, 1.165) is 50.7 Å². The largest absolute Gasteiger partial charge is 0.416 e. The van der Waals surface area contributed by atoms with Crippen LogP contribution in [0.3, 0.4) is 0 Å². The standard InChI is InChI=1S/C28H44F6O3/c1-5-9-10-11-12-13-14-23(28(35-15-6-2,36-16-7-3)37-17-8-4)18-22-19-24(26(29,30)31)21-25(20-22)27(32,33)34/h19-21,23H,5-18H2,1-4H3. The van der Waals surface area contributed by atoms with E-state index in [9.17, 15) is 26.3 Å². The summed E-state index contributed by atoms with van der Waals surface area (Å²) in [6, 6.07) is 1.76. The fourth-order valence-electron chi connectivity index (χ4n) is 4.21. The van der Waals surface area contributed by atoms with E-state index in [2.05, 4.69) is 6.92 Å². The van der Waals surface area contributed by atoms with Crippen LogP contribution in [0.2, 0.25) is 0 Å². The molecular weight excluding hydrogens is 498 g/mol. The topological polar surface area (TPSA) is 27.7 Å². The van der Waals surface area contributed by atoms with Gasteiger partial charge in [0.2, 0.25) is 0 Å². The summed E-state index contributed by atoms with van der Waals surface area (Å²) in [5.41, 5.74) is -2.71. The average Bonchev–Trinajstić information content (AvgIpc) is 2.84. The summed E-state index contributed by atoms with van der Waals surface area (Å²) >= 11 is 0. The van der Waals surface area contributed by atoms with Crippen LogP contribution in [0, 0.1) is 5.92 Å². The number of benzene rings is 1. The lowest BCUT2D eigenvalue weighted by molar-refractivity contribution is -0.406. The van der Waals surface area contributed by atoms with Crippen LogP contribution in [0.4, 0.5) is 26.3 Å². The summed E-state index contributed by atoms with van der Waals surface area (Å²) < 4.78 is 99.5. The lowest BCUT2D eigenvalue weighted by Gasteiger charge is -2.40. The summed E-state index contributed by atoms with van der Waals surface area (Å²) in [5, 5.41) is 0. The Hall–Kier alpha value is -1.32. The highest BCUT2D eigenvalue weighted by molar-refractivity contribution is 5.34. The van der Waals surface area contributed by atoms with E-state index < -0.39 is 35.4 Å². The first kappa shape index (κ1) is 33.7. The van der Waals surface area contributed by atoms with E-state index >= 15 is 0 Å². The molecule has 1 atom stereocenters. The zero-order valence-corrected chi connectivity index (χ0v) is 22.7. The molecule has 0 aliphatic heterocycles. The van der Waals surface area contributed by atoms with Gasteiger partial charge in [0.15, 0.2) is 0 Å². The third kappa shape index (κ3) is 11.9. The molecule has 0 bridgehead atoms. The lowest BCUT2D eigenvalue weighted by atomic mass is 9.89. The molecule has 0 N–H and O–H groups in total. The highest BCUT2D eigenvalue weighted by Crippen LogP contribution is 2.39. The molecule has 0 aliphatic carbocycles. The number of rotatable bonds is 19. The Balaban J connectivity index is 3.45. The van der Waals surface area contributed by atoms with Crippen molar-refractivity contribution in [3.8, 4) is 0 Å². The van der Waals surface area contributed by atoms with Crippen LogP contribution < -0.4 is 0 Å². The molecule has 1 unspecified atom stereocenters. The van der Waals surface area contributed by atoms with Gasteiger partial charge in [-0.25, -0.2) is 0 Å². The maximum atomic E-state index is 13.5. The van der Waals surface area contributed by atoms with Crippen LogP contribution in [0.15, 0.2) is 18.2 Å². The van der Waals surface area contributed by atoms with Crippen molar-refractivity contribution in [2.24, 2.45) is 5.92 Å². The predicted octanol–water partition coefficient (Wildman–Crippen LogP) is 9.57. The molecule has 0 aliphatic rings. The first-order valence-electron chi connectivity index (χ1n) is 13.6. The smallest absolute Gasteiger partial charge is 0.327 e. The summed E-state index contributed by atoms with van der Waals surface area (Å²) in [5.74, 6) is -2.13. The lowest BCUT2D eigenvalue weighted by Crippen LogP contribution is -2.48. The molecule has 37 heavy (non-hydrogen) atoms. The molecule has 0 fully saturated rings. The Morgan fingerprint density at radius 2 is 1.03 bits per heavy atom. The van der Waals surface area contributed by atoms with Gasteiger partial charge in [0.05, 0.1) is 30.9 Å². The Kier molecular flexibility index (Phi) is 15.1. The predicted molar refractivity (Wildman–Crippen MR) is 133 cm³/mol. The SMILES string of the molecule is CCCCCCCCC(Cc1cc(C(F)(F)F)cc(C(F)(F)F)c1)C(OCCC)(OCCC)OCCC. The highest BCUT2D eigenvalue weighted by atomic mass is 19.4. The molecule has 1 rings (SSSR count). The number of hydrogen-bond donors (Lipinski definition) is 0. The van der Waals surface area contributed by atoms with Crippen molar-refractivity contribution in [3.63, 3.8) is 0 Å². The first-order valence-corrected chi connectivity index (χ1v) is 13.6. The zero-order chi connectivity index (χ0) is 28.0. The van der Waals surface area contributed by atoms with Gasteiger partial charge in [-0.3, -0.25) is 0 Å². The van der Waals surface area contributed by atoms with Gasteiger partial charge in [-0.05, 0) is 55.9 Å². The van der Waals surface area contributed by atoms with Gasteiger partial charge in [0.25, 0.3) is 5.97 Å². The van der Waals surface area contributed by atoms with E-state index in [4.69, 9.17) is 14.2 Å². The Bertz CT molecular complexity index is 694. The monoisotopic (exact) mass is 542 g/mol. The second-order valence-corrected chi connectivity index (χ2v) is 9.52. The summed E-state index contributed by atoms with van der Waals surface area (Å²) in [6.45, 7) is 8.72. The van der Waals surface area contributed by atoms with Gasteiger partial charge in [0, 0.05) is 5.92 Å². The van der Waals surface area contributed by atoms with Crippen LogP contribution in [0.1, 0.15) is 109 Å². The van der Waals surface area contributed by atoms with Crippen molar-refractivity contribution >= 4 is 0 Å². The molecule has 1 aromatic carbocycles. The van der Waals surface area contributed by atoms with E-state index in [1.807, 2.05) is 20.8 Å². The minimum absolute atomic E-state index is 0.0668. The van der Waals surface area contributed by atoms with E-state index in [1.165, 1.54) is 0 Å². The van der Waals surface area contributed by atoms with Crippen molar-refractivity contribution in [1.29, 1.82) is 0 Å². The van der Waals surface area contributed by atoms with Crippen LogP contribution in [0.5, 0.6) is 0 Å². The van der Waals surface area contributed by atoms with E-state index in [1.54, 1.807) is 0 Å². The molecule has 0 radical (unpaired) electrons. The van der Waals surface area contributed by atoms with Gasteiger partial charge in [-0.15, -0.1) is 0 Å². The molecule has 0 amide bonds. The third-order valence-electron chi connectivity index (χ3n) is 6.06. The molecule has 0 heterocycles. The minimum Gasteiger partial charge on any atom is -0.327 e. The van der Waals surface area contributed by atoms with Gasteiger partial charge in [0.1, 0.15) is 0 Å². The Morgan fingerprint density at radius 1 is 0.595 bits per heavy atom. The number of halogens is 6. The quantitative estimate of drug-likeness (QED) is 0.0990. The number of hydrogen-bond acceptors (Lipinski definition) is 3. The number of unbranched alkanes of at least 4 members (excludes halogenated alkanes) is 5. The molecule has 0 saturated carbocycles. The molecule has 0 aromatic heterocycles. The van der Waals surface area contributed by atoms with Crippen LogP contribution in [-0.4, -0.2) is 25.8 Å². The average molecular weight is 543 g/mol. The fraction of sp³-hybridized carbons (Fsp3) is 0.786. The maximum absolute atomic E-state index is 13.5. The van der Waals surface area contributed by atoms with Crippen molar-refractivity contribution in [1.82, 2.24) is 0 Å². The van der Waals surface area contributed by atoms with Crippen molar-refractivity contribution in [2.75, 3.05) is 19.8 Å². The maximum Gasteiger partial charge on any atom is 0.416 e. The molecule has 9 heteroatoms. The van der Waals surface area contributed by atoms with Crippen molar-refractivity contribution < 1.29 is 40.6 Å². The minimum atomic E-state index is -4.90. The normalized spacial score (nSPS) is 13.8. The summed E-state index contributed by atoms with van der Waals surface area (Å²) in [4.78, 5) is 0. The number of alkyl halides is 6. The second kappa shape index (κ2) is 16.6. The molecule has 1 aromatic rings. The van der Waals surface area contributed by atoms with E-state index in [0.29, 0.717) is 25.7 Å². The van der Waals surface area contributed by atoms with Crippen LogP contribution >= 0.6 is 0 Å². The Morgan fingerprint density at radius 3 is 1.43 bits per heavy atom. The summed E-state index contributed by atoms with van der Waals surface area (Å²) in [6.07, 6.45) is -1.51. The van der Waals surface area contributed by atoms with Crippen molar-refractivity contribution in [3.05, 3.63) is 34.9 Å². The van der Waals surface area contributed by atoms with Crippen molar-refractivity contribution in [2.45, 2.75) is 117 Å². The fourth-order valence-corrected chi connectivity index (χ4v) is 4.21. The molecular formula is C28H44F6O3. The molecule has 216 valence electrons. The van der Waals surface area contributed by atoms with Gasteiger partial charge < -0.3 is 14.2 Å². The van der Waals surface area contributed by atoms with Crippen LogP contribution in [0.25, 0.3) is 0 Å². The van der Waals surface area contributed by atoms with Crippen LogP contribution in [-0.2, 0) is 33.0 Å². The Labute approximate surface area is 218 Å². The zero-order valence-electron chi connectivity index (χ0n) is 22.7. The van der Waals surface area contributed by atoms with Gasteiger partial charge >= 0.3 is 12.4 Å². The molecule has 0 spiro atoms. The van der Waals surface area contributed by atoms with Gasteiger partial charge in [-0.2, -0.15) is 26.3 Å². The summed E-state index contributed by atoms with van der Waals surface area (Å²) in [7, 11) is 0. The number of ether oxygens (including phenoxy) is 3.